The number of anilines is 1. The molecular weight excluding hydrogens is 380 g/mol. The van der Waals surface area contributed by atoms with E-state index in [2.05, 4.69) is 15.6 Å². The van der Waals surface area contributed by atoms with E-state index >= 15 is 0 Å². The number of carbonyl (C=O) groups excluding carboxylic acids is 2. The van der Waals surface area contributed by atoms with Crippen molar-refractivity contribution in [2.24, 2.45) is 5.92 Å². The second kappa shape index (κ2) is 9.95. The predicted octanol–water partition coefficient (Wildman–Crippen LogP) is 3.69. The standard InChI is InChI=1S/C21H23F2N3O3/c22-16-9-15(10-17(23)11-16)21(28)25-12-19(27)26-20-18(7-4-8-24-20)29-13-14-5-2-1-3-6-14/h4,7-11,14H,1-3,5-6,12-13H2,(H,25,28)(H,24,26,27). The molecule has 0 spiro atoms. The Morgan fingerprint density at radius 2 is 1.83 bits per heavy atom. The van der Waals surface area contributed by atoms with Crippen molar-refractivity contribution in [1.29, 1.82) is 0 Å². The van der Waals surface area contributed by atoms with Gasteiger partial charge in [-0.25, -0.2) is 13.8 Å². The highest BCUT2D eigenvalue weighted by atomic mass is 19.1. The van der Waals surface area contributed by atoms with Crippen molar-refractivity contribution in [3.05, 3.63) is 53.7 Å². The van der Waals surface area contributed by atoms with Gasteiger partial charge in [0.2, 0.25) is 5.91 Å². The lowest BCUT2D eigenvalue weighted by molar-refractivity contribution is -0.115. The summed E-state index contributed by atoms with van der Waals surface area (Å²) in [4.78, 5) is 28.3. The minimum Gasteiger partial charge on any atom is -0.489 e. The zero-order valence-electron chi connectivity index (χ0n) is 15.9. The fourth-order valence-electron chi connectivity index (χ4n) is 3.29. The van der Waals surface area contributed by atoms with Gasteiger partial charge in [0.15, 0.2) is 11.6 Å². The Balaban J connectivity index is 1.52. The van der Waals surface area contributed by atoms with E-state index in [1.54, 1.807) is 12.1 Å². The average Bonchev–Trinajstić information content (AvgIpc) is 2.71. The third kappa shape index (κ3) is 6.23. The maximum Gasteiger partial charge on any atom is 0.251 e. The van der Waals surface area contributed by atoms with Crippen LogP contribution in [-0.2, 0) is 4.79 Å². The molecular formula is C21H23F2N3O3. The highest BCUT2D eigenvalue weighted by molar-refractivity contribution is 5.99. The number of ether oxygens (including phenoxy) is 1. The molecule has 0 unspecified atom stereocenters. The van der Waals surface area contributed by atoms with Gasteiger partial charge in [0.1, 0.15) is 11.6 Å². The molecule has 1 aromatic heterocycles. The molecule has 1 aliphatic carbocycles. The molecule has 0 bridgehead atoms. The molecule has 1 heterocycles. The van der Waals surface area contributed by atoms with Crippen LogP contribution in [0.1, 0.15) is 42.5 Å². The van der Waals surface area contributed by atoms with Crippen LogP contribution < -0.4 is 15.4 Å². The monoisotopic (exact) mass is 403 g/mol. The number of nitrogens with one attached hydrogen (secondary N) is 2. The molecule has 0 radical (unpaired) electrons. The Morgan fingerprint density at radius 1 is 1.10 bits per heavy atom. The summed E-state index contributed by atoms with van der Waals surface area (Å²) in [6.07, 6.45) is 7.47. The van der Waals surface area contributed by atoms with Crippen molar-refractivity contribution < 1.29 is 23.1 Å². The molecule has 6 nitrogen and oxygen atoms in total. The van der Waals surface area contributed by atoms with Gasteiger partial charge in [-0.05, 0) is 43.0 Å². The molecule has 2 N–H and O–H groups in total. The van der Waals surface area contributed by atoms with E-state index in [4.69, 9.17) is 4.74 Å². The van der Waals surface area contributed by atoms with Gasteiger partial charge in [-0.15, -0.1) is 0 Å². The van der Waals surface area contributed by atoms with Crippen LogP contribution in [0.4, 0.5) is 14.6 Å². The van der Waals surface area contributed by atoms with Crippen LogP contribution in [0.5, 0.6) is 5.75 Å². The number of benzene rings is 1. The molecule has 1 saturated carbocycles. The summed E-state index contributed by atoms with van der Waals surface area (Å²) in [5, 5.41) is 4.91. The summed E-state index contributed by atoms with van der Waals surface area (Å²) >= 11 is 0. The Labute approximate surface area is 167 Å². The van der Waals surface area contributed by atoms with Crippen molar-refractivity contribution in [1.82, 2.24) is 10.3 Å². The number of aromatic nitrogens is 1. The van der Waals surface area contributed by atoms with E-state index in [1.165, 1.54) is 25.5 Å². The fourth-order valence-corrected chi connectivity index (χ4v) is 3.29. The number of carbonyl (C=O) groups is 2. The first-order chi connectivity index (χ1) is 14.0. The first-order valence-electron chi connectivity index (χ1n) is 9.63. The highest BCUT2D eigenvalue weighted by Crippen LogP contribution is 2.26. The number of nitrogens with zero attached hydrogens (tertiary/aromatic N) is 1. The Hall–Kier alpha value is -3.03. The second-order valence-corrected chi connectivity index (χ2v) is 7.05. The van der Waals surface area contributed by atoms with E-state index in [-0.39, 0.29) is 17.9 Å². The molecule has 2 aromatic rings. The van der Waals surface area contributed by atoms with Crippen LogP contribution in [0.2, 0.25) is 0 Å². The van der Waals surface area contributed by atoms with Crippen LogP contribution in [0, 0.1) is 17.6 Å². The van der Waals surface area contributed by atoms with E-state index in [1.807, 2.05) is 0 Å². The molecule has 0 saturated heterocycles. The predicted molar refractivity (Wildman–Crippen MR) is 104 cm³/mol. The van der Waals surface area contributed by atoms with E-state index in [9.17, 15) is 18.4 Å². The number of hydrogen-bond acceptors (Lipinski definition) is 4. The molecule has 29 heavy (non-hydrogen) atoms. The van der Waals surface area contributed by atoms with E-state index in [0.29, 0.717) is 24.3 Å². The molecule has 2 amide bonds. The van der Waals surface area contributed by atoms with Gasteiger partial charge in [0.25, 0.3) is 5.91 Å². The van der Waals surface area contributed by atoms with Crippen LogP contribution in [-0.4, -0.2) is 29.9 Å². The summed E-state index contributed by atoms with van der Waals surface area (Å²) in [6.45, 7) is 0.187. The van der Waals surface area contributed by atoms with Crippen molar-refractivity contribution in [3.63, 3.8) is 0 Å². The van der Waals surface area contributed by atoms with Gasteiger partial charge < -0.3 is 15.4 Å². The summed E-state index contributed by atoms with van der Waals surface area (Å²) in [7, 11) is 0. The average molecular weight is 403 g/mol. The van der Waals surface area contributed by atoms with E-state index < -0.39 is 23.4 Å². The van der Waals surface area contributed by atoms with Crippen molar-refractivity contribution in [2.75, 3.05) is 18.5 Å². The molecule has 1 aromatic carbocycles. The number of halogens is 2. The van der Waals surface area contributed by atoms with Crippen molar-refractivity contribution in [3.8, 4) is 5.75 Å². The van der Waals surface area contributed by atoms with Gasteiger partial charge in [-0.2, -0.15) is 0 Å². The third-order valence-corrected chi connectivity index (χ3v) is 4.76. The largest absolute Gasteiger partial charge is 0.489 e. The molecule has 0 atom stereocenters. The van der Waals surface area contributed by atoms with Crippen molar-refractivity contribution in [2.45, 2.75) is 32.1 Å². The van der Waals surface area contributed by atoms with Crippen LogP contribution in [0.15, 0.2) is 36.5 Å². The van der Waals surface area contributed by atoms with Gasteiger partial charge in [0.05, 0.1) is 13.2 Å². The molecule has 0 aliphatic heterocycles. The van der Waals surface area contributed by atoms with Crippen LogP contribution in [0.3, 0.4) is 0 Å². The SMILES string of the molecule is O=C(CNC(=O)c1cc(F)cc(F)c1)Nc1ncccc1OCC1CCCCC1. The van der Waals surface area contributed by atoms with Crippen LogP contribution >= 0.6 is 0 Å². The maximum atomic E-state index is 13.2. The van der Waals surface area contributed by atoms with Gasteiger partial charge in [-0.1, -0.05) is 19.3 Å². The Bertz CT molecular complexity index is 850. The zero-order valence-corrected chi connectivity index (χ0v) is 15.9. The highest BCUT2D eigenvalue weighted by Gasteiger charge is 2.16. The van der Waals surface area contributed by atoms with Crippen LogP contribution in [0.25, 0.3) is 0 Å². The molecule has 1 fully saturated rings. The molecule has 8 heteroatoms. The third-order valence-electron chi connectivity index (χ3n) is 4.76. The number of pyridine rings is 1. The van der Waals surface area contributed by atoms with E-state index in [0.717, 1.165) is 25.0 Å². The summed E-state index contributed by atoms with van der Waals surface area (Å²) < 4.78 is 32.3. The van der Waals surface area contributed by atoms with Gasteiger partial charge in [0, 0.05) is 17.8 Å². The molecule has 3 rings (SSSR count). The summed E-state index contributed by atoms with van der Waals surface area (Å²) in [5.41, 5.74) is -0.204. The lowest BCUT2D eigenvalue weighted by atomic mass is 9.90. The summed E-state index contributed by atoms with van der Waals surface area (Å²) in [6, 6.07) is 5.89. The lowest BCUT2D eigenvalue weighted by Gasteiger charge is -2.22. The number of amides is 2. The zero-order chi connectivity index (χ0) is 20.6. The quantitative estimate of drug-likeness (QED) is 0.739. The molecule has 154 valence electrons. The summed E-state index contributed by atoms with van der Waals surface area (Å²) in [5.74, 6) is -1.80. The maximum absolute atomic E-state index is 13.2. The number of hydrogen-bond donors (Lipinski definition) is 2. The topological polar surface area (TPSA) is 80.3 Å². The Kier molecular flexibility index (Phi) is 7.10. The lowest BCUT2D eigenvalue weighted by Crippen LogP contribution is -2.33. The first-order valence-corrected chi connectivity index (χ1v) is 9.63. The molecule has 1 aliphatic rings. The van der Waals surface area contributed by atoms with Gasteiger partial charge >= 0.3 is 0 Å². The first kappa shape index (κ1) is 20.7. The number of rotatable bonds is 7. The fraction of sp³-hybridized carbons (Fsp3) is 0.381. The minimum atomic E-state index is -0.868. The Morgan fingerprint density at radius 3 is 2.55 bits per heavy atom. The smallest absolute Gasteiger partial charge is 0.251 e. The van der Waals surface area contributed by atoms with Crippen molar-refractivity contribution >= 4 is 17.6 Å². The minimum absolute atomic E-state index is 0.204. The van der Waals surface area contributed by atoms with Gasteiger partial charge in [-0.3, -0.25) is 9.59 Å². The second-order valence-electron chi connectivity index (χ2n) is 7.05. The normalized spacial score (nSPS) is 14.3.